The van der Waals surface area contributed by atoms with Crippen LogP contribution in [0.15, 0.2) is 71.6 Å². The van der Waals surface area contributed by atoms with E-state index in [-0.39, 0.29) is 23.3 Å². The summed E-state index contributed by atoms with van der Waals surface area (Å²) in [6.45, 7) is 3.59. The Balaban J connectivity index is 1.64. The minimum atomic E-state index is -3.57. The molecule has 0 aromatic heterocycles. The van der Waals surface area contributed by atoms with Crippen molar-refractivity contribution in [3.63, 3.8) is 0 Å². The highest BCUT2D eigenvalue weighted by Gasteiger charge is 2.17. The van der Waals surface area contributed by atoms with E-state index in [1.54, 1.807) is 36.4 Å². The van der Waals surface area contributed by atoms with E-state index in [9.17, 15) is 18.3 Å². The molecule has 1 unspecified atom stereocenters. The standard InChI is InChI=1S/C24H25ClN2O4S/c1-16-5-3-8-22(23(16)25)17(2)26-24(29)27-20-9-11-21(12-10-20)32(30,31)15-19-7-4-6-18(13-19)14-28/h3-13,17,28H,14-15H2,1-2H3,(H2,26,27,29). The van der Waals surface area contributed by atoms with Gasteiger partial charge >= 0.3 is 6.03 Å². The van der Waals surface area contributed by atoms with E-state index in [2.05, 4.69) is 10.6 Å². The van der Waals surface area contributed by atoms with Gasteiger partial charge in [-0.25, -0.2) is 13.2 Å². The van der Waals surface area contributed by atoms with Gasteiger partial charge in [0.25, 0.3) is 0 Å². The summed E-state index contributed by atoms with van der Waals surface area (Å²) < 4.78 is 25.4. The molecule has 0 radical (unpaired) electrons. The zero-order valence-corrected chi connectivity index (χ0v) is 19.4. The number of carbonyl (C=O) groups is 1. The summed E-state index contributed by atoms with van der Waals surface area (Å²) >= 11 is 6.33. The van der Waals surface area contributed by atoms with E-state index in [1.807, 2.05) is 32.0 Å². The molecule has 2 amide bonds. The van der Waals surface area contributed by atoms with E-state index in [0.717, 1.165) is 11.1 Å². The normalized spacial score (nSPS) is 12.2. The first-order chi connectivity index (χ1) is 15.2. The number of rotatable bonds is 7. The van der Waals surface area contributed by atoms with Gasteiger partial charge in [0.2, 0.25) is 0 Å². The van der Waals surface area contributed by atoms with E-state index in [0.29, 0.717) is 21.8 Å². The van der Waals surface area contributed by atoms with Crippen molar-refractivity contribution < 1.29 is 18.3 Å². The lowest BCUT2D eigenvalue weighted by atomic mass is 10.1. The number of amides is 2. The Kier molecular flexibility index (Phi) is 7.56. The molecule has 0 fully saturated rings. The molecule has 3 aromatic rings. The lowest BCUT2D eigenvalue weighted by Gasteiger charge is -2.17. The molecule has 0 aliphatic heterocycles. The maximum absolute atomic E-state index is 12.7. The molecule has 0 saturated heterocycles. The Labute approximate surface area is 193 Å². The van der Waals surface area contributed by atoms with Crippen LogP contribution in [0, 0.1) is 6.92 Å². The predicted molar refractivity (Wildman–Crippen MR) is 126 cm³/mol. The maximum atomic E-state index is 12.7. The van der Waals surface area contributed by atoms with Crippen LogP contribution in [0.2, 0.25) is 5.02 Å². The number of sulfone groups is 1. The monoisotopic (exact) mass is 472 g/mol. The van der Waals surface area contributed by atoms with E-state index >= 15 is 0 Å². The highest BCUT2D eigenvalue weighted by molar-refractivity contribution is 7.90. The number of hydrogen-bond acceptors (Lipinski definition) is 4. The quantitative estimate of drug-likeness (QED) is 0.451. The van der Waals surface area contributed by atoms with Crippen molar-refractivity contribution in [1.82, 2.24) is 5.32 Å². The first-order valence-corrected chi connectivity index (χ1v) is 12.1. The lowest BCUT2D eigenvalue weighted by Crippen LogP contribution is -2.31. The van der Waals surface area contributed by atoms with Gasteiger partial charge in [0, 0.05) is 10.7 Å². The summed E-state index contributed by atoms with van der Waals surface area (Å²) in [6, 6.07) is 17.7. The minimum absolute atomic E-state index is 0.148. The number of hydrogen-bond donors (Lipinski definition) is 3. The summed E-state index contributed by atoms with van der Waals surface area (Å²) in [5.74, 6) is -0.178. The minimum Gasteiger partial charge on any atom is -0.392 e. The Morgan fingerprint density at radius 1 is 1.03 bits per heavy atom. The van der Waals surface area contributed by atoms with Crippen LogP contribution in [0.25, 0.3) is 0 Å². The first kappa shape index (κ1) is 23.8. The van der Waals surface area contributed by atoms with Crippen molar-refractivity contribution in [3.8, 4) is 0 Å². The maximum Gasteiger partial charge on any atom is 0.319 e. The smallest absolute Gasteiger partial charge is 0.319 e. The molecule has 0 aliphatic carbocycles. The van der Waals surface area contributed by atoms with Gasteiger partial charge in [0.05, 0.1) is 23.3 Å². The average Bonchev–Trinajstić information content (AvgIpc) is 2.75. The number of carbonyl (C=O) groups excluding carboxylic acids is 1. The van der Waals surface area contributed by atoms with E-state index in [1.165, 1.54) is 12.1 Å². The van der Waals surface area contributed by atoms with Gasteiger partial charge in [0.1, 0.15) is 0 Å². The zero-order chi connectivity index (χ0) is 23.3. The van der Waals surface area contributed by atoms with Crippen LogP contribution in [0.1, 0.15) is 35.2 Å². The number of aryl methyl sites for hydroxylation is 1. The Hall–Kier alpha value is -2.87. The highest BCUT2D eigenvalue weighted by atomic mass is 35.5. The van der Waals surface area contributed by atoms with Crippen molar-refractivity contribution in [3.05, 3.63) is 94.0 Å². The molecule has 6 nitrogen and oxygen atoms in total. The number of halogens is 1. The molecule has 1 atom stereocenters. The Morgan fingerprint density at radius 3 is 2.38 bits per heavy atom. The SMILES string of the molecule is Cc1cccc(C(C)NC(=O)Nc2ccc(S(=O)(=O)Cc3cccc(CO)c3)cc2)c1Cl. The van der Waals surface area contributed by atoms with Crippen molar-refractivity contribution in [2.75, 3.05) is 5.32 Å². The molecular weight excluding hydrogens is 448 g/mol. The summed E-state index contributed by atoms with van der Waals surface area (Å²) in [6.07, 6.45) is 0. The molecule has 32 heavy (non-hydrogen) atoms. The zero-order valence-electron chi connectivity index (χ0n) is 17.8. The highest BCUT2D eigenvalue weighted by Crippen LogP contribution is 2.26. The molecule has 0 aliphatic rings. The van der Waals surface area contributed by atoms with Crippen LogP contribution in [0.3, 0.4) is 0 Å². The molecule has 8 heteroatoms. The summed E-state index contributed by atoms with van der Waals surface area (Å²) in [5, 5.41) is 15.4. The van der Waals surface area contributed by atoms with Crippen LogP contribution in [-0.4, -0.2) is 19.6 Å². The third kappa shape index (κ3) is 5.88. The summed E-state index contributed by atoms with van der Waals surface area (Å²) in [5.41, 5.74) is 3.46. The van der Waals surface area contributed by atoms with Gasteiger partial charge in [-0.05, 0) is 60.4 Å². The number of anilines is 1. The first-order valence-electron chi connectivity index (χ1n) is 10.0. The number of urea groups is 1. The second-order valence-corrected chi connectivity index (χ2v) is 9.93. The third-order valence-electron chi connectivity index (χ3n) is 5.04. The molecule has 0 saturated carbocycles. The Morgan fingerprint density at radius 2 is 1.69 bits per heavy atom. The van der Waals surface area contributed by atoms with Crippen molar-refractivity contribution in [2.24, 2.45) is 0 Å². The van der Waals surface area contributed by atoms with E-state index < -0.39 is 15.9 Å². The van der Waals surface area contributed by atoms with Gasteiger partial charge in [-0.2, -0.15) is 0 Å². The predicted octanol–water partition coefficient (Wildman–Crippen LogP) is 5.00. The number of nitrogens with one attached hydrogen (secondary N) is 2. The van der Waals surface area contributed by atoms with Gasteiger partial charge in [0.15, 0.2) is 9.84 Å². The molecule has 3 aromatic carbocycles. The second kappa shape index (κ2) is 10.2. The Bertz CT molecular complexity index is 1210. The fraction of sp³-hybridized carbons (Fsp3) is 0.208. The molecule has 0 bridgehead atoms. The van der Waals surface area contributed by atoms with Crippen LogP contribution >= 0.6 is 11.6 Å². The summed E-state index contributed by atoms with van der Waals surface area (Å²) in [7, 11) is -3.57. The van der Waals surface area contributed by atoms with Crippen molar-refractivity contribution in [1.29, 1.82) is 0 Å². The average molecular weight is 473 g/mol. The molecule has 0 heterocycles. The molecule has 3 rings (SSSR count). The van der Waals surface area contributed by atoms with Gasteiger partial charge < -0.3 is 15.7 Å². The van der Waals surface area contributed by atoms with Crippen molar-refractivity contribution in [2.45, 2.75) is 37.1 Å². The fourth-order valence-electron chi connectivity index (χ4n) is 3.31. The van der Waals surface area contributed by atoms with Crippen LogP contribution < -0.4 is 10.6 Å². The lowest BCUT2D eigenvalue weighted by molar-refractivity contribution is 0.249. The molecule has 0 spiro atoms. The van der Waals surface area contributed by atoms with Gasteiger partial charge in [-0.1, -0.05) is 54.1 Å². The van der Waals surface area contributed by atoms with Crippen LogP contribution in [0.4, 0.5) is 10.5 Å². The number of benzene rings is 3. The van der Waals surface area contributed by atoms with Crippen LogP contribution in [0.5, 0.6) is 0 Å². The summed E-state index contributed by atoms with van der Waals surface area (Å²) in [4.78, 5) is 12.5. The topological polar surface area (TPSA) is 95.5 Å². The second-order valence-electron chi connectivity index (χ2n) is 7.56. The van der Waals surface area contributed by atoms with Crippen LogP contribution in [-0.2, 0) is 22.2 Å². The van der Waals surface area contributed by atoms with Gasteiger partial charge in [-0.3, -0.25) is 0 Å². The van der Waals surface area contributed by atoms with Crippen molar-refractivity contribution >= 4 is 33.2 Å². The molecule has 168 valence electrons. The van der Waals surface area contributed by atoms with E-state index in [4.69, 9.17) is 11.6 Å². The number of aliphatic hydroxyl groups excluding tert-OH is 1. The van der Waals surface area contributed by atoms with Gasteiger partial charge in [-0.15, -0.1) is 0 Å². The molecule has 3 N–H and O–H groups in total. The largest absolute Gasteiger partial charge is 0.392 e. The third-order valence-corrected chi connectivity index (χ3v) is 7.26. The fourth-order valence-corrected chi connectivity index (χ4v) is 4.94. The molecular formula is C24H25ClN2O4S. The number of aliphatic hydroxyl groups is 1.